The largest absolute Gasteiger partial charge is 0.394 e. The van der Waals surface area contributed by atoms with Crippen LogP contribution >= 0.6 is 0 Å². The van der Waals surface area contributed by atoms with Gasteiger partial charge < -0.3 is 29.5 Å². The Hall–Kier alpha value is -1.97. The minimum absolute atomic E-state index is 0.00304. The van der Waals surface area contributed by atoms with Gasteiger partial charge in [-0.3, -0.25) is 9.59 Å². The number of aryl methyl sites for hydroxylation is 1. The molecular weight excluding hydrogens is 362 g/mol. The molecule has 2 N–H and O–H groups in total. The van der Waals surface area contributed by atoms with E-state index in [2.05, 4.69) is 15.2 Å². The fourth-order valence-electron chi connectivity index (χ4n) is 4.40. The summed E-state index contributed by atoms with van der Waals surface area (Å²) in [6.07, 6.45) is 5.65. The van der Waals surface area contributed by atoms with Crippen LogP contribution in [0.15, 0.2) is 12.5 Å². The standard InChI is InChI=1S/C19H31N5O4/c1-22-8-5-19(18(27)20-6-10-28-11-9-25)4-3-7-24(16(19)13-22)17(26)15-12-23(2)14-21-15/h12,14,16,25H,3-11,13H2,1-2H3,(H,20,27)/t16-,19+/m0/s1. The fourth-order valence-corrected chi connectivity index (χ4v) is 4.40. The van der Waals surface area contributed by atoms with E-state index in [-0.39, 0.29) is 31.1 Å². The van der Waals surface area contributed by atoms with Crippen molar-refractivity contribution in [2.45, 2.75) is 25.3 Å². The Labute approximate surface area is 165 Å². The second-order valence-corrected chi connectivity index (χ2v) is 7.80. The summed E-state index contributed by atoms with van der Waals surface area (Å²) in [6, 6.07) is -0.173. The number of likely N-dealkylation sites (tertiary alicyclic amines) is 2. The minimum atomic E-state index is -0.577. The molecule has 28 heavy (non-hydrogen) atoms. The number of aromatic nitrogens is 2. The Balaban J connectivity index is 1.76. The van der Waals surface area contributed by atoms with Gasteiger partial charge in [-0.2, -0.15) is 0 Å². The monoisotopic (exact) mass is 393 g/mol. The maximum Gasteiger partial charge on any atom is 0.274 e. The second-order valence-electron chi connectivity index (χ2n) is 7.80. The lowest BCUT2D eigenvalue weighted by Gasteiger charge is -2.53. The molecule has 0 aromatic carbocycles. The highest BCUT2D eigenvalue weighted by molar-refractivity contribution is 5.93. The average molecular weight is 393 g/mol. The van der Waals surface area contributed by atoms with Gasteiger partial charge in [0.25, 0.3) is 5.91 Å². The van der Waals surface area contributed by atoms with E-state index in [1.807, 2.05) is 19.0 Å². The van der Waals surface area contributed by atoms with Crippen molar-refractivity contribution in [1.29, 1.82) is 0 Å². The summed E-state index contributed by atoms with van der Waals surface area (Å²) in [5, 5.41) is 11.8. The van der Waals surface area contributed by atoms with Gasteiger partial charge in [-0.05, 0) is 32.9 Å². The van der Waals surface area contributed by atoms with Crippen molar-refractivity contribution in [3.63, 3.8) is 0 Å². The molecule has 9 heteroatoms. The van der Waals surface area contributed by atoms with E-state index < -0.39 is 5.41 Å². The number of aliphatic hydroxyl groups excluding tert-OH is 1. The Bertz CT molecular complexity index is 694. The Morgan fingerprint density at radius 3 is 2.86 bits per heavy atom. The molecule has 0 spiro atoms. The highest BCUT2D eigenvalue weighted by Crippen LogP contribution is 2.43. The first-order valence-corrected chi connectivity index (χ1v) is 9.92. The molecule has 0 bridgehead atoms. The van der Waals surface area contributed by atoms with E-state index in [1.54, 1.807) is 17.1 Å². The molecule has 3 heterocycles. The number of carbonyl (C=O) groups is 2. The number of hydrogen-bond donors (Lipinski definition) is 2. The van der Waals surface area contributed by atoms with Gasteiger partial charge in [-0.1, -0.05) is 0 Å². The zero-order valence-corrected chi connectivity index (χ0v) is 16.8. The molecule has 2 aliphatic heterocycles. The number of aliphatic hydroxyl groups is 1. The van der Waals surface area contributed by atoms with Crippen LogP contribution in [0.1, 0.15) is 29.8 Å². The van der Waals surface area contributed by atoms with Crippen molar-refractivity contribution < 1.29 is 19.4 Å². The fraction of sp³-hybridized carbons (Fsp3) is 0.737. The molecule has 2 aliphatic rings. The summed E-state index contributed by atoms with van der Waals surface area (Å²) < 4.78 is 7.00. The lowest BCUT2D eigenvalue weighted by Crippen LogP contribution is -2.66. The van der Waals surface area contributed by atoms with E-state index in [0.717, 1.165) is 25.8 Å². The molecule has 0 unspecified atom stereocenters. The van der Waals surface area contributed by atoms with Crippen LogP contribution in [0.2, 0.25) is 0 Å². The predicted octanol–water partition coefficient (Wildman–Crippen LogP) is -0.528. The van der Waals surface area contributed by atoms with Gasteiger partial charge in [-0.25, -0.2) is 4.98 Å². The van der Waals surface area contributed by atoms with Crippen LogP contribution in [0.25, 0.3) is 0 Å². The van der Waals surface area contributed by atoms with Crippen molar-refractivity contribution in [2.24, 2.45) is 12.5 Å². The summed E-state index contributed by atoms with van der Waals surface area (Å²) in [5.41, 5.74) is -0.157. The number of imidazole rings is 1. The third-order valence-corrected chi connectivity index (χ3v) is 5.86. The molecule has 2 fully saturated rings. The van der Waals surface area contributed by atoms with Gasteiger partial charge >= 0.3 is 0 Å². The maximum absolute atomic E-state index is 13.2. The summed E-state index contributed by atoms with van der Waals surface area (Å²) in [6.45, 7) is 3.14. The SMILES string of the molecule is CN1CC[C@]2(C(=O)NCCOCCO)CCCN(C(=O)c3cn(C)cn3)[C@H]2C1. The quantitative estimate of drug-likeness (QED) is 0.605. The van der Waals surface area contributed by atoms with Crippen LogP contribution in [0.4, 0.5) is 0 Å². The van der Waals surface area contributed by atoms with Crippen LogP contribution in [0.3, 0.4) is 0 Å². The first kappa shape index (κ1) is 20.8. The number of ether oxygens (including phenoxy) is 1. The van der Waals surface area contributed by atoms with E-state index in [4.69, 9.17) is 9.84 Å². The van der Waals surface area contributed by atoms with Gasteiger partial charge in [0.1, 0.15) is 5.69 Å². The highest BCUT2D eigenvalue weighted by Gasteiger charge is 2.53. The molecule has 9 nitrogen and oxygen atoms in total. The average Bonchev–Trinajstić information content (AvgIpc) is 3.13. The number of amides is 2. The van der Waals surface area contributed by atoms with Gasteiger partial charge in [0.2, 0.25) is 5.91 Å². The van der Waals surface area contributed by atoms with Gasteiger partial charge in [0.05, 0.1) is 37.6 Å². The van der Waals surface area contributed by atoms with Crippen molar-refractivity contribution >= 4 is 11.8 Å². The smallest absolute Gasteiger partial charge is 0.274 e. The first-order chi connectivity index (χ1) is 13.5. The number of carbonyl (C=O) groups excluding carboxylic acids is 2. The van der Waals surface area contributed by atoms with E-state index >= 15 is 0 Å². The van der Waals surface area contributed by atoms with Crippen LogP contribution in [0, 0.1) is 5.41 Å². The Kier molecular flexibility index (Phi) is 6.69. The molecule has 0 radical (unpaired) electrons. The van der Waals surface area contributed by atoms with Crippen molar-refractivity contribution in [3.8, 4) is 0 Å². The summed E-state index contributed by atoms with van der Waals surface area (Å²) >= 11 is 0. The van der Waals surface area contributed by atoms with Gasteiger partial charge in [-0.15, -0.1) is 0 Å². The van der Waals surface area contributed by atoms with E-state index in [0.29, 0.717) is 31.9 Å². The van der Waals surface area contributed by atoms with Crippen molar-refractivity contribution in [2.75, 3.05) is 53.0 Å². The number of nitrogens with one attached hydrogen (secondary N) is 1. The summed E-state index contributed by atoms with van der Waals surface area (Å²) in [7, 11) is 3.87. The molecule has 0 aliphatic carbocycles. The topological polar surface area (TPSA) is 99.9 Å². The maximum atomic E-state index is 13.2. The van der Waals surface area contributed by atoms with Crippen molar-refractivity contribution in [1.82, 2.24) is 24.7 Å². The van der Waals surface area contributed by atoms with Crippen LogP contribution in [-0.2, 0) is 16.6 Å². The zero-order valence-electron chi connectivity index (χ0n) is 16.8. The molecule has 2 atom stereocenters. The van der Waals surface area contributed by atoms with Crippen molar-refractivity contribution in [3.05, 3.63) is 18.2 Å². The normalized spacial score (nSPS) is 25.4. The van der Waals surface area contributed by atoms with Crippen LogP contribution in [-0.4, -0.2) is 95.4 Å². The molecule has 0 saturated carbocycles. The van der Waals surface area contributed by atoms with E-state index in [1.165, 1.54) is 0 Å². The lowest BCUT2D eigenvalue weighted by molar-refractivity contribution is -0.142. The molecule has 2 amide bonds. The van der Waals surface area contributed by atoms with E-state index in [9.17, 15) is 9.59 Å². The van der Waals surface area contributed by atoms with Crippen LogP contribution in [0.5, 0.6) is 0 Å². The molecule has 1 aromatic heterocycles. The third kappa shape index (κ3) is 4.21. The lowest BCUT2D eigenvalue weighted by atomic mass is 9.67. The number of nitrogens with zero attached hydrogens (tertiary/aromatic N) is 4. The molecule has 156 valence electrons. The molecule has 3 rings (SSSR count). The predicted molar refractivity (Wildman–Crippen MR) is 103 cm³/mol. The number of piperidine rings is 2. The Morgan fingerprint density at radius 2 is 2.14 bits per heavy atom. The summed E-state index contributed by atoms with van der Waals surface area (Å²) in [4.78, 5) is 34.6. The summed E-state index contributed by atoms with van der Waals surface area (Å²) in [5.74, 6) is -0.110. The number of rotatable bonds is 7. The number of fused-ring (bicyclic) bond motifs is 1. The highest BCUT2D eigenvalue weighted by atomic mass is 16.5. The van der Waals surface area contributed by atoms with Gasteiger partial charge in [0, 0.05) is 32.9 Å². The Morgan fingerprint density at radius 1 is 1.32 bits per heavy atom. The van der Waals surface area contributed by atoms with Crippen LogP contribution < -0.4 is 5.32 Å². The molecule has 2 saturated heterocycles. The molecule has 1 aromatic rings. The number of likely N-dealkylation sites (N-methyl/N-ethyl adjacent to an activating group) is 1. The third-order valence-electron chi connectivity index (χ3n) is 5.86. The van der Waals surface area contributed by atoms with Gasteiger partial charge in [0.15, 0.2) is 0 Å². The second kappa shape index (κ2) is 9.02. The molecular formula is C19H31N5O4. The zero-order chi connectivity index (χ0) is 20.1. The first-order valence-electron chi connectivity index (χ1n) is 9.92. The number of hydrogen-bond acceptors (Lipinski definition) is 6. The minimum Gasteiger partial charge on any atom is -0.394 e.